The summed E-state index contributed by atoms with van der Waals surface area (Å²) in [6.07, 6.45) is 9.74. The van der Waals surface area contributed by atoms with Crippen molar-refractivity contribution in [2.75, 3.05) is 19.7 Å². The molecule has 1 unspecified atom stereocenters. The number of nitrogens with one attached hydrogen (secondary N) is 2. The lowest BCUT2D eigenvalue weighted by Gasteiger charge is -2.33. The van der Waals surface area contributed by atoms with Gasteiger partial charge < -0.3 is 25.4 Å². The summed E-state index contributed by atoms with van der Waals surface area (Å²) in [4.78, 5) is 39.7. The average molecular weight is 458 g/mol. The predicted octanol–water partition coefficient (Wildman–Crippen LogP) is 2.50. The number of terminal acetylenes is 1. The van der Waals surface area contributed by atoms with Crippen LogP contribution in [0.15, 0.2) is 24.3 Å². The minimum absolute atomic E-state index is 0.0460. The molecule has 8 nitrogen and oxygen atoms in total. The van der Waals surface area contributed by atoms with Crippen LogP contribution in [0.25, 0.3) is 0 Å². The molecule has 180 valence electrons. The van der Waals surface area contributed by atoms with E-state index < -0.39 is 23.6 Å². The molecular formula is C25H35N3O5. The fourth-order valence-corrected chi connectivity index (χ4v) is 3.83. The second kappa shape index (κ2) is 12.3. The Balaban J connectivity index is 2.25. The van der Waals surface area contributed by atoms with Crippen LogP contribution in [0.2, 0.25) is 0 Å². The fourth-order valence-electron chi connectivity index (χ4n) is 3.83. The van der Waals surface area contributed by atoms with Crippen LogP contribution in [0.1, 0.15) is 70.0 Å². The molecule has 0 saturated heterocycles. The van der Waals surface area contributed by atoms with Gasteiger partial charge in [-0.15, -0.1) is 6.42 Å². The molecule has 1 saturated carbocycles. The largest absolute Gasteiger partial charge is 0.444 e. The van der Waals surface area contributed by atoms with Crippen molar-refractivity contribution in [1.29, 1.82) is 0 Å². The lowest BCUT2D eigenvalue weighted by molar-refractivity contribution is -0.141. The van der Waals surface area contributed by atoms with Gasteiger partial charge in [-0.2, -0.15) is 0 Å². The van der Waals surface area contributed by atoms with Crippen molar-refractivity contribution in [1.82, 2.24) is 15.5 Å². The Kier molecular flexibility index (Phi) is 9.74. The molecule has 3 N–H and O–H groups in total. The van der Waals surface area contributed by atoms with Crippen LogP contribution in [-0.4, -0.2) is 59.3 Å². The highest BCUT2D eigenvalue weighted by molar-refractivity contribution is 5.90. The van der Waals surface area contributed by atoms with E-state index in [1.807, 2.05) is 0 Å². The minimum atomic E-state index is -0.973. The van der Waals surface area contributed by atoms with Crippen LogP contribution in [-0.2, 0) is 14.3 Å². The molecule has 3 amide bonds. The van der Waals surface area contributed by atoms with E-state index in [1.54, 1.807) is 45.0 Å². The van der Waals surface area contributed by atoms with E-state index in [4.69, 9.17) is 11.2 Å². The number of nitrogens with zero attached hydrogens (tertiary/aromatic N) is 1. The normalized spacial score (nSPS) is 15.1. The highest BCUT2D eigenvalue weighted by atomic mass is 16.6. The molecule has 8 heteroatoms. The number of ether oxygens (including phenoxy) is 1. The Morgan fingerprint density at radius 1 is 1.18 bits per heavy atom. The maximum Gasteiger partial charge on any atom is 0.408 e. The molecule has 1 fully saturated rings. The molecule has 0 bridgehead atoms. The molecule has 1 aromatic rings. The van der Waals surface area contributed by atoms with Crippen molar-refractivity contribution < 1.29 is 24.2 Å². The van der Waals surface area contributed by atoms with E-state index in [1.165, 1.54) is 4.90 Å². The van der Waals surface area contributed by atoms with Gasteiger partial charge in [0.15, 0.2) is 0 Å². The van der Waals surface area contributed by atoms with Crippen LogP contribution in [0, 0.1) is 12.3 Å². The third-order valence-electron chi connectivity index (χ3n) is 5.35. The summed E-state index contributed by atoms with van der Waals surface area (Å²) in [6, 6.07) is 5.90. The molecule has 0 heterocycles. The number of hydrogen-bond donors (Lipinski definition) is 3. The Morgan fingerprint density at radius 2 is 1.82 bits per heavy atom. The van der Waals surface area contributed by atoms with Crippen molar-refractivity contribution in [3.05, 3.63) is 35.4 Å². The van der Waals surface area contributed by atoms with E-state index in [-0.39, 0.29) is 31.6 Å². The summed E-state index contributed by atoms with van der Waals surface area (Å²) in [5.74, 6) is 1.70. The summed E-state index contributed by atoms with van der Waals surface area (Å²) in [5, 5.41) is 15.1. The molecular weight excluding hydrogens is 422 g/mol. The Morgan fingerprint density at radius 3 is 2.36 bits per heavy atom. The van der Waals surface area contributed by atoms with Gasteiger partial charge in [0.25, 0.3) is 0 Å². The summed E-state index contributed by atoms with van der Waals surface area (Å²) < 4.78 is 5.18. The molecule has 0 radical (unpaired) electrons. The number of aliphatic hydroxyl groups is 1. The van der Waals surface area contributed by atoms with Crippen molar-refractivity contribution in [2.24, 2.45) is 0 Å². The van der Waals surface area contributed by atoms with Crippen LogP contribution < -0.4 is 10.6 Å². The maximum absolute atomic E-state index is 13.4. The van der Waals surface area contributed by atoms with Gasteiger partial charge >= 0.3 is 6.09 Å². The minimum Gasteiger partial charge on any atom is -0.444 e. The van der Waals surface area contributed by atoms with Crippen LogP contribution in [0.5, 0.6) is 0 Å². The topological polar surface area (TPSA) is 108 Å². The van der Waals surface area contributed by atoms with Crippen molar-refractivity contribution in [3.63, 3.8) is 0 Å². The third-order valence-corrected chi connectivity index (χ3v) is 5.35. The van der Waals surface area contributed by atoms with Gasteiger partial charge in [-0.1, -0.05) is 37.3 Å². The highest BCUT2D eigenvalue weighted by Gasteiger charge is 2.33. The molecule has 0 spiro atoms. The Labute approximate surface area is 196 Å². The first-order valence-corrected chi connectivity index (χ1v) is 11.4. The lowest BCUT2D eigenvalue weighted by Crippen LogP contribution is -2.50. The zero-order valence-corrected chi connectivity index (χ0v) is 19.7. The zero-order chi connectivity index (χ0) is 24.4. The summed E-state index contributed by atoms with van der Waals surface area (Å²) in [7, 11) is 0. The number of alkyl carbamates (subject to hydrolysis) is 1. The summed E-state index contributed by atoms with van der Waals surface area (Å²) >= 11 is 0. The van der Waals surface area contributed by atoms with Crippen molar-refractivity contribution >= 4 is 17.9 Å². The van der Waals surface area contributed by atoms with E-state index >= 15 is 0 Å². The first-order chi connectivity index (χ1) is 15.6. The Hall–Kier alpha value is -3.05. The number of aliphatic hydroxyl groups excluding tert-OH is 1. The van der Waals surface area contributed by atoms with Gasteiger partial charge in [-0.05, 0) is 51.3 Å². The van der Waals surface area contributed by atoms with E-state index in [0.29, 0.717) is 11.1 Å². The zero-order valence-electron chi connectivity index (χ0n) is 19.7. The monoisotopic (exact) mass is 457 g/mol. The number of hydrogen-bond acceptors (Lipinski definition) is 5. The number of benzene rings is 1. The molecule has 1 aliphatic rings. The summed E-state index contributed by atoms with van der Waals surface area (Å²) in [6.45, 7) is 4.38. The molecule has 1 aromatic carbocycles. The van der Waals surface area contributed by atoms with Gasteiger partial charge in [0, 0.05) is 18.2 Å². The SMILES string of the molecule is C#Cc1ccc(C(C(=O)NC2CCCCC2)N(CCO)C(=O)CNC(=O)OC(C)(C)C)cc1. The number of amides is 3. The molecule has 0 aromatic heterocycles. The van der Waals surface area contributed by atoms with Gasteiger partial charge in [0.05, 0.1) is 6.61 Å². The number of carbonyl (C=O) groups excluding carboxylic acids is 3. The number of rotatable bonds is 8. The average Bonchev–Trinajstić information content (AvgIpc) is 2.77. The van der Waals surface area contributed by atoms with E-state index in [9.17, 15) is 19.5 Å². The first kappa shape index (κ1) is 26.2. The van der Waals surface area contributed by atoms with Crippen molar-refractivity contribution in [2.45, 2.75) is 70.6 Å². The summed E-state index contributed by atoms with van der Waals surface area (Å²) in [5.41, 5.74) is 0.511. The first-order valence-electron chi connectivity index (χ1n) is 11.4. The van der Waals surface area contributed by atoms with Gasteiger partial charge in [0.1, 0.15) is 18.2 Å². The third kappa shape index (κ3) is 8.43. The van der Waals surface area contributed by atoms with Crippen molar-refractivity contribution in [3.8, 4) is 12.3 Å². The van der Waals surface area contributed by atoms with E-state index in [2.05, 4.69) is 16.6 Å². The second-order valence-corrected chi connectivity index (χ2v) is 9.18. The van der Waals surface area contributed by atoms with Crippen LogP contribution in [0.3, 0.4) is 0 Å². The molecule has 0 aliphatic heterocycles. The van der Waals surface area contributed by atoms with E-state index in [0.717, 1.165) is 32.1 Å². The number of carbonyl (C=O) groups is 3. The van der Waals surface area contributed by atoms with Crippen LogP contribution >= 0.6 is 0 Å². The molecule has 33 heavy (non-hydrogen) atoms. The van der Waals surface area contributed by atoms with Gasteiger partial charge in [0.2, 0.25) is 11.8 Å². The Bertz CT molecular complexity index is 848. The second-order valence-electron chi connectivity index (χ2n) is 9.18. The lowest BCUT2D eigenvalue weighted by atomic mass is 9.94. The predicted molar refractivity (Wildman–Crippen MR) is 125 cm³/mol. The molecule has 1 aliphatic carbocycles. The quantitative estimate of drug-likeness (QED) is 0.520. The van der Waals surface area contributed by atoms with Gasteiger partial charge in [-0.25, -0.2) is 4.79 Å². The standard InChI is InChI=1S/C25H35N3O5/c1-5-18-11-13-19(14-12-18)22(23(31)27-20-9-7-6-8-10-20)28(15-16-29)21(30)17-26-24(32)33-25(2,3)4/h1,11-14,20,22,29H,6-10,15-17H2,2-4H3,(H,26,32)(H,27,31). The molecule has 1 atom stereocenters. The van der Waals surface area contributed by atoms with Crippen LogP contribution in [0.4, 0.5) is 4.79 Å². The van der Waals surface area contributed by atoms with Gasteiger partial charge in [-0.3, -0.25) is 9.59 Å². The molecule has 2 rings (SSSR count). The maximum atomic E-state index is 13.4. The highest BCUT2D eigenvalue weighted by Crippen LogP contribution is 2.24. The smallest absolute Gasteiger partial charge is 0.408 e. The fraction of sp³-hybridized carbons (Fsp3) is 0.560.